The molecule has 0 spiro atoms. The molecule has 0 fully saturated rings. The van der Waals surface area contributed by atoms with Crippen LogP contribution in [0.3, 0.4) is 0 Å². The summed E-state index contributed by atoms with van der Waals surface area (Å²) in [6.45, 7) is 32.0. The fourth-order valence-corrected chi connectivity index (χ4v) is 4.08. The highest BCUT2D eigenvalue weighted by atomic mass is 14.0. The Morgan fingerprint density at radius 1 is 0.182 bits per heavy atom. The molecule has 0 heteroatoms. The first-order valence-electron chi connectivity index (χ1n) is 21.3. The fraction of sp³-hybridized carbons (Fsp3) is 0.309. The van der Waals surface area contributed by atoms with E-state index < -0.39 is 0 Å². The molecule has 7 rings (SSSR count). The van der Waals surface area contributed by atoms with Crippen LogP contribution in [-0.4, -0.2) is 0 Å². The van der Waals surface area contributed by atoms with Crippen LogP contribution in [0.1, 0.15) is 122 Å². The molecule has 302 valence electrons. The van der Waals surface area contributed by atoms with Crippen molar-refractivity contribution in [1.29, 1.82) is 0 Å². The van der Waals surface area contributed by atoms with Gasteiger partial charge in [-0.3, -0.25) is 0 Å². The van der Waals surface area contributed by atoms with Gasteiger partial charge in [0.1, 0.15) is 0 Å². The molecular weight excluding hydrogens is 661 g/mol. The van der Waals surface area contributed by atoms with Crippen LogP contribution in [0.25, 0.3) is 21.5 Å². The molecule has 0 heterocycles. The highest BCUT2D eigenvalue weighted by Crippen LogP contribution is 2.12. The quantitative estimate of drug-likeness (QED) is 0.165. The molecule has 0 atom stereocenters. The lowest BCUT2D eigenvalue weighted by molar-refractivity contribution is 1.19. The maximum atomic E-state index is 2.16. The summed E-state index contributed by atoms with van der Waals surface area (Å²) in [7, 11) is 0. The largest absolute Gasteiger partial charge is 0.0683 e. The minimum Gasteiger partial charge on any atom is -0.0683 e. The zero-order valence-corrected chi connectivity index (χ0v) is 38.2. The molecule has 0 saturated carbocycles. The lowest BCUT2D eigenvalue weighted by Gasteiger charge is -2.00. The van der Waals surface area contributed by atoms with Crippen LogP contribution in [0, 0.1) is 0 Å². The topological polar surface area (TPSA) is 0 Å². The zero-order chi connectivity index (χ0) is 42.8. The minimum atomic E-state index is 1.03. The smallest absolute Gasteiger partial charge is 0.00258 e. The highest BCUT2D eigenvalue weighted by molar-refractivity contribution is 5.82. The molecule has 0 aliphatic heterocycles. The highest BCUT2D eigenvalue weighted by Gasteiger charge is 1.92. The molecule has 0 radical (unpaired) electrons. The van der Waals surface area contributed by atoms with E-state index in [9.17, 15) is 0 Å². The van der Waals surface area contributed by atoms with Gasteiger partial charge in [-0.15, -0.1) is 0 Å². The Bertz CT molecular complexity index is 1340. The standard InChI is InChI=1S/C13H12.2C10H8.C6H6.8C2H6/c1-3-7-12(8-4-1)11-13-9-5-2-6-10-13;2*1-2-6-10-8-4-3-7-9(10)5-1;1-2-4-6-5-3-1;8*1-2/h1-10H,11H2;2*1-8H;1-6H;8*1-2H3. The van der Waals surface area contributed by atoms with E-state index in [2.05, 4.69) is 158 Å². The van der Waals surface area contributed by atoms with E-state index in [-0.39, 0.29) is 0 Å². The second-order valence-electron chi connectivity index (χ2n) is 9.00. The van der Waals surface area contributed by atoms with Crippen molar-refractivity contribution in [3.05, 3.63) is 205 Å². The Morgan fingerprint density at radius 2 is 0.309 bits per heavy atom. The molecular formula is C55H82. The summed E-state index contributed by atoms with van der Waals surface area (Å²) in [4.78, 5) is 0. The Morgan fingerprint density at radius 3 is 0.473 bits per heavy atom. The number of benzene rings is 7. The van der Waals surface area contributed by atoms with Crippen molar-refractivity contribution in [1.82, 2.24) is 0 Å². The van der Waals surface area contributed by atoms with Gasteiger partial charge in [0.05, 0.1) is 0 Å². The van der Waals surface area contributed by atoms with Crippen molar-refractivity contribution in [2.24, 2.45) is 0 Å². The monoisotopic (exact) mass is 743 g/mol. The molecule has 0 aliphatic carbocycles. The number of hydrogen-bond donors (Lipinski definition) is 0. The predicted molar refractivity (Wildman–Crippen MR) is 261 cm³/mol. The molecule has 0 amide bonds. The van der Waals surface area contributed by atoms with Gasteiger partial charge in [-0.2, -0.15) is 0 Å². The molecule has 0 aromatic heterocycles. The van der Waals surface area contributed by atoms with Gasteiger partial charge in [0.2, 0.25) is 0 Å². The normalized spacial score (nSPS) is 7.71. The van der Waals surface area contributed by atoms with Crippen molar-refractivity contribution >= 4 is 21.5 Å². The van der Waals surface area contributed by atoms with Crippen LogP contribution in [0.5, 0.6) is 0 Å². The van der Waals surface area contributed by atoms with Gasteiger partial charge in [-0.05, 0) is 39.1 Å². The fourth-order valence-electron chi connectivity index (χ4n) is 4.08. The maximum absolute atomic E-state index is 2.16. The lowest BCUT2D eigenvalue weighted by atomic mass is 10.1. The second-order valence-corrected chi connectivity index (χ2v) is 9.00. The summed E-state index contributed by atoms with van der Waals surface area (Å²) in [5.74, 6) is 0. The van der Waals surface area contributed by atoms with E-state index in [1.54, 1.807) is 0 Å². The Labute approximate surface area is 342 Å². The van der Waals surface area contributed by atoms with E-state index in [1.165, 1.54) is 32.7 Å². The van der Waals surface area contributed by atoms with Gasteiger partial charge in [0, 0.05) is 0 Å². The Balaban J connectivity index is -0.000000183. The van der Waals surface area contributed by atoms with Gasteiger partial charge in [0.15, 0.2) is 0 Å². The summed E-state index contributed by atoms with van der Waals surface area (Å²) in [5, 5.41) is 5.24. The van der Waals surface area contributed by atoms with Crippen molar-refractivity contribution in [2.45, 2.75) is 117 Å². The number of fused-ring (bicyclic) bond motifs is 2. The molecule has 7 aromatic rings. The van der Waals surface area contributed by atoms with Crippen LogP contribution in [0.15, 0.2) is 194 Å². The van der Waals surface area contributed by atoms with Crippen molar-refractivity contribution in [3.63, 3.8) is 0 Å². The maximum Gasteiger partial charge on any atom is -0.00258 e. The van der Waals surface area contributed by atoms with E-state index in [1.807, 2.05) is 147 Å². The van der Waals surface area contributed by atoms with E-state index in [0.29, 0.717) is 0 Å². The minimum absolute atomic E-state index is 1.03. The van der Waals surface area contributed by atoms with Crippen LogP contribution >= 0.6 is 0 Å². The van der Waals surface area contributed by atoms with Crippen molar-refractivity contribution in [2.75, 3.05) is 0 Å². The number of rotatable bonds is 2. The van der Waals surface area contributed by atoms with Gasteiger partial charge in [-0.25, -0.2) is 0 Å². The van der Waals surface area contributed by atoms with Gasteiger partial charge >= 0.3 is 0 Å². The summed E-state index contributed by atoms with van der Waals surface area (Å²) in [6.07, 6.45) is 1.03. The first-order valence-corrected chi connectivity index (χ1v) is 21.3. The molecule has 55 heavy (non-hydrogen) atoms. The Kier molecular flexibility index (Phi) is 57.6. The summed E-state index contributed by atoms with van der Waals surface area (Å²) >= 11 is 0. The van der Waals surface area contributed by atoms with Crippen LogP contribution < -0.4 is 0 Å². The van der Waals surface area contributed by atoms with Crippen LogP contribution in [0.2, 0.25) is 0 Å². The average Bonchev–Trinajstić information content (AvgIpc) is 3.33. The van der Waals surface area contributed by atoms with Crippen LogP contribution in [0.4, 0.5) is 0 Å². The lowest BCUT2D eigenvalue weighted by Crippen LogP contribution is -1.85. The van der Waals surface area contributed by atoms with Crippen molar-refractivity contribution < 1.29 is 0 Å². The van der Waals surface area contributed by atoms with Gasteiger partial charge in [-0.1, -0.05) is 305 Å². The molecule has 0 saturated heterocycles. The Hall–Kier alpha value is -4.94. The summed E-state index contributed by atoms with van der Waals surface area (Å²) in [5.41, 5.74) is 2.74. The van der Waals surface area contributed by atoms with E-state index in [4.69, 9.17) is 0 Å². The summed E-state index contributed by atoms with van der Waals surface area (Å²) < 4.78 is 0. The first kappa shape index (κ1) is 59.3. The van der Waals surface area contributed by atoms with E-state index in [0.717, 1.165) is 6.42 Å². The molecule has 0 unspecified atom stereocenters. The zero-order valence-electron chi connectivity index (χ0n) is 38.2. The molecule has 0 nitrogen and oxygen atoms in total. The van der Waals surface area contributed by atoms with Gasteiger partial charge < -0.3 is 0 Å². The molecule has 7 aromatic carbocycles. The number of hydrogen-bond acceptors (Lipinski definition) is 0. The first-order chi connectivity index (χ1) is 27.4. The molecule has 0 N–H and O–H groups in total. The SMILES string of the molecule is CC.CC.CC.CC.CC.CC.CC.CC.c1ccc(Cc2ccccc2)cc1.c1ccc2ccccc2c1.c1ccc2ccccc2c1.c1ccccc1. The predicted octanol–water partition coefficient (Wildman–Crippen LogP) is 18.9. The van der Waals surface area contributed by atoms with Crippen LogP contribution in [-0.2, 0) is 6.42 Å². The third-order valence-electron chi connectivity index (χ3n) is 6.08. The molecule has 0 bridgehead atoms. The summed E-state index contributed by atoms with van der Waals surface area (Å²) in [6, 6.07) is 66.5. The third kappa shape index (κ3) is 33.4. The van der Waals surface area contributed by atoms with Crippen molar-refractivity contribution in [3.8, 4) is 0 Å². The van der Waals surface area contributed by atoms with E-state index >= 15 is 0 Å². The third-order valence-corrected chi connectivity index (χ3v) is 6.08. The van der Waals surface area contributed by atoms with Gasteiger partial charge in [0.25, 0.3) is 0 Å². The average molecular weight is 743 g/mol. The molecule has 0 aliphatic rings. The second kappa shape index (κ2) is 53.4.